The van der Waals surface area contributed by atoms with E-state index in [-0.39, 0.29) is 108 Å². The third-order valence-corrected chi connectivity index (χ3v) is 10.7. The van der Waals surface area contributed by atoms with E-state index in [9.17, 15) is 74.0 Å². The summed E-state index contributed by atoms with van der Waals surface area (Å²) in [7, 11) is -16.3. The van der Waals surface area contributed by atoms with Crippen LogP contribution in [-0.4, -0.2) is 195 Å². The van der Waals surface area contributed by atoms with Crippen molar-refractivity contribution >= 4 is 43.1 Å². The van der Waals surface area contributed by atoms with Gasteiger partial charge in [0.25, 0.3) is 0 Å². The summed E-state index contributed by atoms with van der Waals surface area (Å²) in [6.45, 7) is -0.310. The molecule has 3 aliphatic rings. The summed E-state index contributed by atoms with van der Waals surface area (Å²) < 4.78 is 156. The predicted octanol–water partition coefficient (Wildman–Crippen LogP) is -14.0. The summed E-state index contributed by atoms with van der Waals surface area (Å²) in [5, 5.41) is 55.8. The third-order valence-electron chi connectivity index (χ3n) is 9.32. The van der Waals surface area contributed by atoms with Crippen LogP contribution in [-0.2, 0) is 86.5 Å². The molecule has 3 unspecified atom stereocenters. The Morgan fingerprint density at radius 1 is 0.651 bits per heavy atom. The largest absolute Gasteiger partial charge is 1.00 e. The Bertz CT molecular complexity index is 1720. The van der Waals surface area contributed by atoms with E-state index in [2.05, 4.69) is 22.6 Å². The van der Waals surface area contributed by atoms with Crippen LogP contribution in [0.4, 0.5) is 0 Å². The Kier molecular flexibility index (Phi) is 29.8. The fraction of sp³-hybridized carbons (Fsp3) is 0.933. The first-order chi connectivity index (χ1) is 27.9. The van der Waals surface area contributed by atoms with Crippen LogP contribution in [0, 0.1) is 0 Å². The molecule has 1 amide bonds. The van der Waals surface area contributed by atoms with Crippen molar-refractivity contribution < 1.29 is 208 Å². The van der Waals surface area contributed by atoms with E-state index in [1.807, 2.05) is 0 Å². The van der Waals surface area contributed by atoms with Gasteiger partial charge in [-0.15, -0.1) is 0 Å². The summed E-state index contributed by atoms with van der Waals surface area (Å²) >= 11 is 0. The van der Waals surface area contributed by atoms with Crippen LogP contribution in [0.5, 0.6) is 0 Å². The van der Waals surface area contributed by atoms with E-state index in [0.29, 0.717) is 19.3 Å². The van der Waals surface area contributed by atoms with Gasteiger partial charge in [0.15, 0.2) is 18.9 Å². The molecule has 33 heteroatoms. The first-order valence-corrected chi connectivity index (χ1v) is 22.3. The van der Waals surface area contributed by atoms with Gasteiger partial charge < -0.3 is 77.7 Å². The number of aliphatic hydroxyl groups is 5. The molecule has 0 aromatic rings. The molecule has 0 aromatic carbocycles. The molecular formula is C30H50NNa3O26S3. The molecule has 3 saturated heterocycles. The van der Waals surface area contributed by atoms with Crippen LogP contribution in [0.25, 0.3) is 0 Å². The number of rotatable bonds is 23. The first-order valence-electron chi connectivity index (χ1n) is 18.3. The SMILES string of the molecule is COC(=O)CCCCCCCCOC1O[C@H](CO)[C@@H](OC2O[C@H](COS(=O)(=O)[O-])[C@H](OS(=O)(=O)[O-])[C@H](OS(=O)(=O)[O-])[C@H]2O)[C@H](OC2O[C@@H](C)[C@@H](O)[C@@H](O)[C@@H]2O)[C@H]1NC(C)=O.[Na+].[Na+].[Na+]. The monoisotopic (exact) mass is 1010 g/mol. The molecule has 3 heterocycles. The van der Waals surface area contributed by atoms with Gasteiger partial charge in [-0.3, -0.25) is 22.1 Å². The molecule has 0 saturated carbocycles. The van der Waals surface area contributed by atoms with E-state index in [4.69, 9.17) is 28.4 Å². The van der Waals surface area contributed by atoms with Gasteiger partial charge in [0, 0.05) is 20.0 Å². The fourth-order valence-electron chi connectivity index (χ4n) is 6.51. The number of methoxy groups -OCH3 is 1. The van der Waals surface area contributed by atoms with Gasteiger partial charge in [-0.05, 0) is 19.8 Å². The van der Waals surface area contributed by atoms with Gasteiger partial charge in [0.2, 0.25) is 37.1 Å². The smallest absolute Gasteiger partial charge is 0.726 e. The van der Waals surface area contributed by atoms with Gasteiger partial charge in [0.05, 0.1) is 26.4 Å². The molecular weight excluding hydrogens is 955 g/mol. The zero-order chi connectivity index (χ0) is 45.2. The minimum atomic E-state index is -5.97. The number of esters is 1. The second-order valence-corrected chi connectivity index (χ2v) is 16.9. The van der Waals surface area contributed by atoms with Gasteiger partial charge in [-0.1, -0.05) is 25.7 Å². The van der Waals surface area contributed by atoms with Crippen molar-refractivity contribution in [2.75, 3.05) is 26.9 Å². The van der Waals surface area contributed by atoms with E-state index in [1.54, 1.807) is 0 Å². The maximum absolute atomic E-state index is 12.6. The Labute approximate surface area is 430 Å². The number of carbonyl (C=O) groups excluding carboxylic acids is 2. The molecule has 0 radical (unpaired) electrons. The molecule has 63 heavy (non-hydrogen) atoms. The van der Waals surface area contributed by atoms with Gasteiger partial charge in [0.1, 0.15) is 67.1 Å². The van der Waals surface area contributed by atoms with Crippen molar-refractivity contribution in [3.8, 4) is 0 Å². The number of nitrogens with one attached hydrogen (secondary N) is 1. The number of hydrogen-bond donors (Lipinski definition) is 6. The van der Waals surface area contributed by atoms with Crippen LogP contribution in [0.2, 0.25) is 0 Å². The van der Waals surface area contributed by atoms with Crippen LogP contribution in [0.3, 0.4) is 0 Å². The van der Waals surface area contributed by atoms with Gasteiger partial charge >= 0.3 is 94.6 Å². The fourth-order valence-corrected chi connectivity index (χ4v) is 7.81. The van der Waals surface area contributed by atoms with Crippen molar-refractivity contribution in [3.05, 3.63) is 0 Å². The van der Waals surface area contributed by atoms with Gasteiger partial charge in [-0.2, -0.15) is 0 Å². The number of amides is 1. The van der Waals surface area contributed by atoms with Crippen molar-refractivity contribution in [1.82, 2.24) is 5.32 Å². The number of ether oxygens (including phenoxy) is 7. The molecule has 27 nitrogen and oxygen atoms in total. The van der Waals surface area contributed by atoms with Crippen molar-refractivity contribution in [2.45, 2.75) is 151 Å². The molecule has 3 fully saturated rings. The number of aliphatic hydroxyl groups excluding tert-OH is 5. The summed E-state index contributed by atoms with van der Waals surface area (Å²) in [5.74, 6) is -1.10. The first kappa shape index (κ1) is 64.1. The Morgan fingerprint density at radius 3 is 1.71 bits per heavy atom. The van der Waals surface area contributed by atoms with E-state index < -0.39 is 142 Å². The van der Waals surface area contributed by atoms with Crippen LogP contribution in [0.1, 0.15) is 58.8 Å². The minimum absolute atomic E-state index is 0. The Morgan fingerprint density at radius 2 is 1.17 bits per heavy atom. The van der Waals surface area contributed by atoms with Gasteiger partial charge in [-0.25, -0.2) is 25.3 Å². The van der Waals surface area contributed by atoms with E-state index in [1.165, 1.54) is 14.0 Å². The molecule has 6 N–H and O–H groups in total. The molecule has 0 bridgehead atoms. The summed E-state index contributed by atoms with van der Waals surface area (Å²) in [6, 6.07) is -1.55. The van der Waals surface area contributed by atoms with Crippen molar-refractivity contribution in [2.24, 2.45) is 0 Å². The Hall–Kier alpha value is 1.11. The number of carbonyl (C=O) groups is 2. The van der Waals surface area contributed by atoms with E-state index in [0.717, 1.165) is 26.2 Å². The van der Waals surface area contributed by atoms with Crippen LogP contribution < -0.4 is 94.0 Å². The molecule has 0 aliphatic carbocycles. The molecule has 15 atom stereocenters. The third kappa shape index (κ3) is 21.3. The van der Waals surface area contributed by atoms with Crippen molar-refractivity contribution in [1.29, 1.82) is 0 Å². The zero-order valence-electron chi connectivity index (χ0n) is 35.3. The minimum Gasteiger partial charge on any atom is -0.726 e. The van der Waals surface area contributed by atoms with Crippen molar-refractivity contribution in [3.63, 3.8) is 0 Å². The standard InChI is InChI=1S/C30H53NO26S3.3Na/c1-14-20(35)21(36)22(37)29(51-14)55-26-19(31-15(2)33)28(49-11-9-7-5-4-6-8-10-18(34)48-3)52-16(12-32)24(26)54-30-23(38)27(57-60(45,46)47)25(56-59(42,43)44)17(53-30)13-50-58(39,40)41;;;/h14,16-17,19-30,32,35-38H,4-13H2,1-3H3,(H,31,33)(H,39,40,41)(H,42,43,44)(H,45,46,47);;;/q;3*+1/p-3/t14-,16+,17+,19+,20+,21+,22-,23+,24+,25-,26+,27+,28?,29?,30?;;;/m0.../s1. The maximum atomic E-state index is 12.6. The average Bonchev–Trinajstić information content (AvgIpc) is 3.14. The summed E-state index contributed by atoms with van der Waals surface area (Å²) in [4.78, 5) is 23.9. The second-order valence-electron chi connectivity index (χ2n) is 13.8. The zero-order valence-corrected chi connectivity index (χ0v) is 43.7. The molecule has 0 spiro atoms. The summed E-state index contributed by atoms with van der Waals surface area (Å²) in [5.41, 5.74) is 0. The average molecular weight is 1010 g/mol. The molecule has 0 aromatic heterocycles. The molecule has 3 rings (SSSR count). The molecule has 352 valence electrons. The van der Waals surface area contributed by atoms with E-state index >= 15 is 0 Å². The topological polar surface area (TPSA) is 411 Å². The predicted molar refractivity (Wildman–Crippen MR) is 185 cm³/mol. The Balaban J connectivity index is 0.0000128. The number of hydrogen-bond acceptors (Lipinski definition) is 26. The summed E-state index contributed by atoms with van der Waals surface area (Å²) in [6.07, 6.45) is -24.5. The van der Waals surface area contributed by atoms with Crippen LogP contribution >= 0.6 is 0 Å². The van der Waals surface area contributed by atoms with Crippen LogP contribution in [0.15, 0.2) is 0 Å². The quantitative estimate of drug-likeness (QED) is 0.0182. The number of unbranched alkanes of at least 4 members (excludes halogenated alkanes) is 5. The normalized spacial score (nSPS) is 33.8. The maximum Gasteiger partial charge on any atom is 1.00 e. The molecule has 3 aliphatic heterocycles. The second kappa shape index (κ2) is 29.3.